The van der Waals surface area contributed by atoms with Crippen LogP contribution in [-0.4, -0.2) is 72.2 Å². The van der Waals surface area contributed by atoms with E-state index < -0.39 is 11.5 Å². The number of rotatable bonds is 7. The summed E-state index contributed by atoms with van der Waals surface area (Å²) < 4.78 is 0. The fourth-order valence-corrected chi connectivity index (χ4v) is 2.77. The highest BCUT2D eigenvalue weighted by molar-refractivity contribution is 5.79. The van der Waals surface area contributed by atoms with Crippen LogP contribution >= 0.6 is 0 Å². The lowest BCUT2D eigenvalue weighted by molar-refractivity contribution is -0.148. The van der Waals surface area contributed by atoms with Crippen molar-refractivity contribution in [2.75, 3.05) is 39.8 Å². The van der Waals surface area contributed by atoms with Gasteiger partial charge in [-0.15, -0.1) is 0 Å². The van der Waals surface area contributed by atoms with E-state index in [-0.39, 0.29) is 0 Å². The summed E-state index contributed by atoms with van der Waals surface area (Å²) in [5.74, 6) is -0.702. The molecule has 0 saturated carbocycles. The molecule has 1 saturated heterocycles. The summed E-state index contributed by atoms with van der Waals surface area (Å²) in [7, 11) is 2.06. The normalized spacial score (nSPS) is 28.8. The molecule has 5 heteroatoms. The van der Waals surface area contributed by atoms with Crippen LogP contribution in [0.3, 0.4) is 0 Å². The van der Waals surface area contributed by atoms with Gasteiger partial charge < -0.3 is 20.2 Å². The second-order valence-electron chi connectivity index (χ2n) is 5.62. The fraction of sp³-hybridized carbons (Fsp3) is 0.929. The van der Waals surface area contributed by atoms with Crippen molar-refractivity contribution in [2.24, 2.45) is 0 Å². The third-order valence-corrected chi connectivity index (χ3v) is 4.48. The van der Waals surface area contributed by atoms with Crippen molar-refractivity contribution >= 4 is 5.97 Å². The van der Waals surface area contributed by atoms with Crippen LogP contribution in [0, 0.1) is 0 Å². The Morgan fingerprint density at radius 1 is 1.47 bits per heavy atom. The van der Waals surface area contributed by atoms with Gasteiger partial charge in [-0.3, -0.25) is 4.79 Å². The molecule has 1 rings (SSSR count). The maximum absolute atomic E-state index is 11.6. The molecular weight excluding hydrogens is 242 g/mol. The zero-order valence-electron chi connectivity index (χ0n) is 12.8. The maximum Gasteiger partial charge on any atom is 0.324 e. The number of carbonyl (C=O) groups is 1. The molecule has 0 aromatic rings. The molecule has 2 unspecified atom stereocenters. The largest absolute Gasteiger partial charge is 0.480 e. The Morgan fingerprint density at radius 2 is 2.11 bits per heavy atom. The highest BCUT2D eigenvalue weighted by atomic mass is 16.4. The topological polar surface area (TPSA) is 55.8 Å². The molecule has 2 N–H and O–H groups in total. The minimum atomic E-state index is -0.737. The summed E-state index contributed by atoms with van der Waals surface area (Å²) in [4.78, 5) is 16.2. The van der Waals surface area contributed by atoms with Crippen LogP contribution in [-0.2, 0) is 4.79 Å². The molecule has 2 atom stereocenters. The highest BCUT2D eigenvalue weighted by Crippen LogP contribution is 2.26. The van der Waals surface area contributed by atoms with Crippen molar-refractivity contribution in [3.8, 4) is 0 Å². The van der Waals surface area contributed by atoms with Crippen molar-refractivity contribution in [3.63, 3.8) is 0 Å². The first-order chi connectivity index (χ1) is 8.95. The molecule has 19 heavy (non-hydrogen) atoms. The van der Waals surface area contributed by atoms with Gasteiger partial charge in [0.25, 0.3) is 0 Å². The van der Waals surface area contributed by atoms with Crippen LogP contribution in [0.5, 0.6) is 0 Å². The average Bonchev–Trinajstić information content (AvgIpc) is 2.39. The van der Waals surface area contributed by atoms with E-state index >= 15 is 0 Å². The second kappa shape index (κ2) is 7.22. The molecule has 0 spiro atoms. The van der Waals surface area contributed by atoms with Crippen molar-refractivity contribution in [2.45, 2.75) is 45.2 Å². The Morgan fingerprint density at radius 3 is 2.58 bits per heavy atom. The summed E-state index contributed by atoms with van der Waals surface area (Å²) >= 11 is 0. The van der Waals surface area contributed by atoms with E-state index in [4.69, 9.17) is 0 Å². The number of hydrogen-bond donors (Lipinski definition) is 2. The Kier molecular flexibility index (Phi) is 6.23. The Balaban J connectivity index is 2.56. The molecular formula is C14H29N3O2. The molecule has 0 radical (unpaired) electrons. The van der Waals surface area contributed by atoms with Crippen LogP contribution in [0.1, 0.15) is 33.6 Å². The van der Waals surface area contributed by atoms with E-state index in [2.05, 4.69) is 42.9 Å². The monoisotopic (exact) mass is 271 g/mol. The molecule has 1 aliphatic heterocycles. The van der Waals surface area contributed by atoms with Gasteiger partial charge >= 0.3 is 5.97 Å². The van der Waals surface area contributed by atoms with Gasteiger partial charge in [-0.2, -0.15) is 0 Å². The number of piperidine rings is 1. The lowest BCUT2D eigenvalue weighted by Gasteiger charge is -2.42. The lowest BCUT2D eigenvalue weighted by Crippen LogP contribution is -2.61. The number of nitrogens with zero attached hydrogens (tertiary/aromatic N) is 2. The molecule has 0 amide bonds. The predicted molar refractivity (Wildman–Crippen MR) is 77.5 cm³/mol. The Labute approximate surface area is 117 Å². The van der Waals surface area contributed by atoms with Crippen molar-refractivity contribution in [1.82, 2.24) is 15.1 Å². The molecule has 0 bridgehead atoms. The summed E-state index contributed by atoms with van der Waals surface area (Å²) in [6, 6.07) is 0.311. The molecule has 1 fully saturated rings. The van der Waals surface area contributed by atoms with E-state index in [0.29, 0.717) is 18.9 Å². The molecule has 0 aliphatic carbocycles. The van der Waals surface area contributed by atoms with E-state index in [0.717, 1.165) is 32.7 Å². The zero-order chi connectivity index (χ0) is 14.5. The van der Waals surface area contributed by atoms with Gasteiger partial charge in [-0.05, 0) is 39.9 Å². The number of aliphatic carboxylic acids is 1. The fourth-order valence-electron chi connectivity index (χ4n) is 2.77. The molecule has 1 aliphatic rings. The number of carboxylic acid groups (broad SMARTS) is 1. The van der Waals surface area contributed by atoms with Gasteiger partial charge in [0.15, 0.2) is 0 Å². The number of likely N-dealkylation sites (N-methyl/N-ethyl adjacent to an activating group) is 1. The summed E-state index contributed by atoms with van der Waals surface area (Å²) in [6.45, 7) is 10.9. The van der Waals surface area contributed by atoms with Crippen LogP contribution in [0.2, 0.25) is 0 Å². The lowest BCUT2D eigenvalue weighted by atomic mass is 9.83. The number of likely N-dealkylation sites (tertiary alicyclic amines) is 1. The van der Waals surface area contributed by atoms with Gasteiger partial charge in [-0.25, -0.2) is 0 Å². The minimum absolute atomic E-state index is 0.311. The minimum Gasteiger partial charge on any atom is -0.480 e. The third-order valence-electron chi connectivity index (χ3n) is 4.48. The van der Waals surface area contributed by atoms with E-state index in [9.17, 15) is 9.90 Å². The molecule has 0 aromatic heterocycles. The van der Waals surface area contributed by atoms with Crippen molar-refractivity contribution < 1.29 is 9.90 Å². The molecule has 0 aromatic carbocycles. The van der Waals surface area contributed by atoms with Crippen LogP contribution in [0.15, 0.2) is 0 Å². The Bertz CT molecular complexity index is 294. The predicted octanol–water partition coefficient (Wildman–Crippen LogP) is 0.855. The van der Waals surface area contributed by atoms with Crippen LogP contribution < -0.4 is 5.32 Å². The van der Waals surface area contributed by atoms with Crippen LogP contribution in [0.4, 0.5) is 0 Å². The first kappa shape index (κ1) is 16.4. The first-order valence-electron chi connectivity index (χ1n) is 7.36. The molecule has 5 nitrogen and oxygen atoms in total. The summed E-state index contributed by atoms with van der Waals surface area (Å²) in [6.07, 6.45) is 1.36. The number of carboxylic acids is 1. The van der Waals surface area contributed by atoms with Crippen LogP contribution in [0.25, 0.3) is 0 Å². The zero-order valence-corrected chi connectivity index (χ0v) is 12.8. The second-order valence-corrected chi connectivity index (χ2v) is 5.62. The maximum atomic E-state index is 11.6. The molecule has 1 heterocycles. The number of hydrogen-bond acceptors (Lipinski definition) is 4. The van der Waals surface area contributed by atoms with Gasteiger partial charge in [0.05, 0.1) is 0 Å². The highest BCUT2D eigenvalue weighted by Gasteiger charge is 2.42. The van der Waals surface area contributed by atoms with Crippen molar-refractivity contribution in [3.05, 3.63) is 0 Å². The van der Waals surface area contributed by atoms with Gasteiger partial charge in [0.2, 0.25) is 0 Å². The van der Waals surface area contributed by atoms with E-state index in [1.165, 1.54) is 0 Å². The average molecular weight is 271 g/mol. The first-order valence-corrected chi connectivity index (χ1v) is 7.36. The summed E-state index contributed by atoms with van der Waals surface area (Å²) in [5.41, 5.74) is -0.737. The van der Waals surface area contributed by atoms with Gasteiger partial charge in [-0.1, -0.05) is 13.8 Å². The van der Waals surface area contributed by atoms with Crippen molar-refractivity contribution in [1.29, 1.82) is 0 Å². The van der Waals surface area contributed by atoms with Gasteiger partial charge in [0.1, 0.15) is 5.54 Å². The SMILES string of the molecule is CCN(CC)CCNC1(C(=O)O)CCN(C)C(C)C1. The summed E-state index contributed by atoms with van der Waals surface area (Å²) in [5, 5.41) is 12.9. The quantitative estimate of drug-likeness (QED) is 0.719. The smallest absolute Gasteiger partial charge is 0.324 e. The third kappa shape index (κ3) is 4.16. The van der Waals surface area contributed by atoms with Gasteiger partial charge in [0, 0.05) is 25.7 Å². The number of nitrogens with one attached hydrogen (secondary N) is 1. The Hall–Kier alpha value is -0.650. The standard InChI is InChI=1S/C14H29N3O2/c1-5-17(6-2)10-8-15-14(13(18)19)7-9-16(4)12(3)11-14/h12,15H,5-11H2,1-4H3,(H,18,19). The van der Waals surface area contributed by atoms with E-state index in [1.54, 1.807) is 0 Å². The van der Waals surface area contributed by atoms with E-state index in [1.807, 2.05) is 0 Å². The molecule has 112 valence electrons.